The number of hydrogen-bond donors (Lipinski definition) is 3. The van der Waals surface area contributed by atoms with E-state index < -0.39 is 0 Å². The molecule has 0 radical (unpaired) electrons. The maximum absolute atomic E-state index is 13.1. The van der Waals surface area contributed by atoms with Crippen molar-refractivity contribution in [3.05, 3.63) is 29.8 Å². The average molecular weight is 276 g/mol. The summed E-state index contributed by atoms with van der Waals surface area (Å²) < 4.78 is 13.1. The van der Waals surface area contributed by atoms with Gasteiger partial charge in [0.2, 0.25) is 5.91 Å². The smallest absolute Gasteiger partial charge is 0.224 e. The fourth-order valence-electron chi connectivity index (χ4n) is 2.48. The van der Waals surface area contributed by atoms with Gasteiger partial charge >= 0.3 is 0 Å². The van der Waals surface area contributed by atoms with E-state index in [4.69, 9.17) is 0 Å². The first-order valence-electron chi connectivity index (χ1n) is 6.85. The molecule has 20 heavy (non-hydrogen) atoms. The van der Waals surface area contributed by atoms with E-state index in [1.54, 1.807) is 6.07 Å². The van der Waals surface area contributed by atoms with Gasteiger partial charge in [0.15, 0.2) is 0 Å². The van der Waals surface area contributed by atoms with Gasteiger partial charge in [-0.3, -0.25) is 4.79 Å². The Kier molecular flexibility index (Phi) is 3.64. The van der Waals surface area contributed by atoms with Gasteiger partial charge in [0.1, 0.15) is 11.6 Å². The van der Waals surface area contributed by atoms with Crippen LogP contribution in [0.15, 0.2) is 18.2 Å². The zero-order valence-electron chi connectivity index (χ0n) is 11.1. The van der Waals surface area contributed by atoms with E-state index in [1.807, 2.05) is 0 Å². The number of benzene rings is 1. The summed E-state index contributed by atoms with van der Waals surface area (Å²) >= 11 is 0. The minimum atomic E-state index is -0.283. The summed E-state index contributed by atoms with van der Waals surface area (Å²) in [6.07, 6.45) is 1.51. The molecule has 0 spiro atoms. The molecule has 3 rings (SSSR count). The summed E-state index contributed by atoms with van der Waals surface area (Å²) in [5.41, 5.74) is 1.43. The quantitative estimate of drug-likeness (QED) is 0.779. The molecule has 6 heteroatoms. The predicted molar refractivity (Wildman–Crippen MR) is 73.7 cm³/mol. The van der Waals surface area contributed by atoms with Gasteiger partial charge in [-0.05, 0) is 31.2 Å². The molecule has 1 aliphatic rings. The van der Waals surface area contributed by atoms with E-state index in [9.17, 15) is 9.18 Å². The van der Waals surface area contributed by atoms with E-state index >= 15 is 0 Å². The largest absolute Gasteiger partial charge is 0.355 e. The Hall–Kier alpha value is -1.95. The highest BCUT2D eigenvalue weighted by molar-refractivity contribution is 5.79. The second-order valence-electron chi connectivity index (χ2n) is 5.08. The average Bonchev–Trinajstić information content (AvgIpc) is 3.06. The number of nitrogens with zero attached hydrogens (tertiary/aromatic N) is 1. The third-order valence-electron chi connectivity index (χ3n) is 3.59. The molecular formula is C14H17FN4O. The molecule has 1 fully saturated rings. The lowest BCUT2D eigenvalue weighted by atomic mass is 10.1. The molecule has 2 heterocycles. The summed E-state index contributed by atoms with van der Waals surface area (Å²) in [7, 11) is 0. The van der Waals surface area contributed by atoms with E-state index in [0.717, 1.165) is 30.9 Å². The summed E-state index contributed by atoms with van der Waals surface area (Å²) in [6, 6.07) is 4.46. The molecule has 106 valence electrons. The molecule has 0 saturated carbocycles. The highest BCUT2D eigenvalue weighted by Gasteiger charge is 2.21. The first-order valence-corrected chi connectivity index (χ1v) is 6.85. The number of hydrogen-bond acceptors (Lipinski definition) is 3. The van der Waals surface area contributed by atoms with Crippen LogP contribution in [0.5, 0.6) is 0 Å². The standard InChI is InChI=1S/C14H17FN4O/c15-10-1-2-11-12(7-10)19-13(18-11)4-6-17-14(20)9-3-5-16-8-9/h1-2,7,9,16H,3-6,8H2,(H,17,20)(H,18,19). The van der Waals surface area contributed by atoms with E-state index in [2.05, 4.69) is 20.6 Å². The van der Waals surface area contributed by atoms with Crippen LogP contribution in [0.1, 0.15) is 12.2 Å². The van der Waals surface area contributed by atoms with Crippen LogP contribution in [-0.4, -0.2) is 35.5 Å². The van der Waals surface area contributed by atoms with Crippen LogP contribution in [0.25, 0.3) is 11.0 Å². The van der Waals surface area contributed by atoms with Crippen molar-refractivity contribution in [1.29, 1.82) is 0 Å². The van der Waals surface area contributed by atoms with Crippen LogP contribution < -0.4 is 10.6 Å². The van der Waals surface area contributed by atoms with Crippen molar-refractivity contribution in [3.8, 4) is 0 Å². The Balaban J connectivity index is 1.55. The number of carbonyl (C=O) groups excluding carboxylic acids is 1. The Morgan fingerprint density at radius 1 is 1.50 bits per heavy atom. The Morgan fingerprint density at radius 3 is 3.20 bits per heavy atom. The second kappa shape index (κ2) is 5.58. The fourth-order valence-corrected chi connectivity index (χ4v) is 2.48. The lowest BCUT2D eigenvalue weighted by Gasteiger charge is -2.08. The van der Waals surface area contributed by atoms with Crippen molar-refractivity contribution in [2.45, 2.75) is 12.8 Å². The van der Waals surface area contributed by atoms with Crippen LogP contribution >= 0.6 is 0 Å². The van der Waals surface area contributed by atoms with Gasteiger partial charge in [-0.1, -0.05) is 0 Å². The molecule has 3 N–H and O–H groups in total. The topological polar surface area (TPSA) is 69.8 Å². The Bertz CT molecular complexity index is 619. The lowest BCUT2D eigenvalue weighted by molar-refractivity contribution is -0.124. The molecule has 1 aromatic carbocycles. The third-order valence-corrected chi connectivity index (χ3v) is 3.59. The van der Waals surface area contributed by atoms with Crippen molar-refractivity contribution >= 4 is 16.9 Å². The van der Waals surface area contributed by atoms with Crippen molar-refractivity contribution < 1.29 is 9.18 Å². The monoisotopic (exact) mass is 276 g/mol. The Morgan fingerprint density at radius 2 is 2.40 bits per heavy atom. The van der Waals surface area contributed by atoms with Gasteiger partial charge in [0.25, 0.3) is 0 Å². The van der Waals surface area contributed by atoms with Crippen LogP contribution in [0, 0.1) is 11.7 Å². The van der Waals surface area contributed by atoms with Gasteiger partial charge in [-0.25, -0.2) is 9.37 Å². The Labute approximate surface area is 116 Å². The molecular weight excluding hydrogens is 259 g/mol. The zero-order valence-corrected chi connectivity index (χ0v) is 11.1. The van der Waals surface area contributed by atoms with Gasteiger partial charge in [-0.2, -0.15) is 0 Å². The maximum Gasteiger partial charge on any atom is 0.224 e. The van der Waals surface area contributed by atoms with Crippen LogP contribution in [0.3, 0.4) is 0 Å². The van der Waals surface area contributed by atoms with Gasteiger partial charge < -0.3 is 15.6 Å². The highest BCUT2D eigenvalue weighted by Crippen LogP contribution is 2.13. The number of aromatic nitrogens is 2. The lowest BCUT2D eigenvalue weighted by Crippen LogP contribution is -2.33. The van der Waals surface area contributed by atoms with E-state index in [0.29, 0.717) is 18.5 Å². The number of aromatic amines is 1. The molecule has 2 aromatic rings. The van der Waals surface area contributed by atoms with Crippen molar-refractivity contribution in [3.63, 3.8) is 0 Å². The number of carbonyl (C=O) groups is 1. The van der Waals surface area contributed by atoms with Crippen LogP contribution in [0.4, 0.5) is 4.39 Å². The number of nitrogens with one attached hydrogen (secondary N) is 3. The molecule has 1 atom stereocenters. The molecule has 1 amide bonds. The number of imidazole rings is 1. The van der Waals surface area contributed by atoms with Crippen molar-refractivity contribution in [1.82, 2.24) is 20.6 Å². The summed E-state index contributed by atoms with van der Waals surface area (Å²) in [5, 5.41) is 6.09. The highest BCUT2D eigenvalue weighted by atomic mass is 19.1. The summed E-state index contributed by atoms with van der Waals surface area (Å²) in [5.74, 6) is 0.655. The van der Waals surface area contributed by atoms with Crippen LogP contribution in [-0.2, 0) is 11.2 Å². The van der Waals surface area contributed by atoms with Gasteiger partial charge in [0, 0.05) is 19.5 Å². The molecule has 1 aromatic heterocycles. The zero-order chi connectivity index (χ0) is 13.9. The predicted octanol–water partition coefficient (Wildman–Crippen LogP) is 0.970. The number of rotatable bonds is 4. The first-order chi connectivity index (χ1) is 9.72. The van der Waals surface area contributed by atoms with Gasteiger partial charge in [0.05, 0.1) is 17.0 Å². The van der Waals surface area contributed by atoms with Crippen LogP contribution in [0.2, 0.25) is 0 Å². The van der Waals surface area contributed by atoms with E-state index in [-0.39, 0.29) is 17.6 Å². The second-order valence-corrected chi connectivity index (χ2v) is 5.08. The number of halogens is 1. The molecule has 0 aliphatic carbocycles. The third kappa shape index (κ3) is 2.80. The molecule has 1 saturated heterocycles. The SMILES string of the molecule is O=C(NCCc1nc2ccc(F)cc2[nH]1)C1CCNC1. The maximum atomic E-state index is 13.1. The van der Waals surface area contributed by atoms with Crippen molar-refractivity contribution in [2.24, 2.45) is 5.92 Å². The number of H-pyrrole nitrogens is 1. The number of amides is 1. The molecule has 5 nitrogen and oxygen atoms in total. The summed E-state index contributed by atoms with van der Waals surface area (Å²) in [6.45, 7) is 2.21. The fraction of sp³-hybridized carbons (Fsp3) is 0.429. The first kappa shape index (κ1) is 13.1. The van der Waals surface area contributed by atoms with E-state index in [1.165, 1.54) is 12.1 Å². The molecule has 0 bridgehead atoms. The molecule has 1 aliphatic heterocycles. The number of fused-ring (bicyclic) bond motifs is 1. The summed E-state index contributed by atoms with van der Waals surface area (Å²) in [4.78, 5) is 19.2. The minimum Gasteiger partial charge on any atom is -0.355 e. The normalized spacial score (nSPS) is 18.6. The van der Waals surface area contributed by atoms with Crippen molar-refractivity contribution in [2.75, 3.05) is 19.6 Å². The molecule has 1 unspecified atom stereocenters. The minimum absolute atomic E-state index is 0.0831. The van der Waals surface area contributed by atoms with Gasteiger partial charge in [-0.15, -0.1) is 0 Å².